The summed E-state index contributed by atoms with van der Waals surface area (Å²) in [7, 11) is 1.70. The van der Waals surface area contributed by atoms with Crippen molar-refractivity contribution in [2.45, 2.75) is 19.4 Å². The maximum Gasteiger partial charge on any atom is 0.124 e. The molecule has 19 heavy (non-hydrogen) atoms. The molecule has 0 aliphatic carbocycles. The van der Waals surface area contributed by atoms with Gasteiger partial charge in [0.15, 0.2) is 0 Å². The zero-order valence-electron chi connectivity index (χ0n) is 11.2. The lowest BCUT2D eigenvalue weighted by atomic mass is 10.0. The van der Waals surface area contributed by atoms with E-state index in [1.165, 1.54) is 5.56 Å². The summed E-state index contributed by atoms with van der Waals surface area (Å²) in [5, 5.41) is 4.25. The molecule has 0 radical (unpaired) electrons. The summed E-state index contributed by atoms with van der Waals surface area (Å²) in [6, 6.07) is 16.1. The number of rotatable bonds is 5. The lowest BCUT2D eigenvalue weighted by Crippen LogP contribution is -2.10. The fourth-order valence-corrected chi connectivity index (χ4v) is 2.23. The number of methoxy groups -OCH3 is 1. The Morgan fingerprint density at radius 3 is 2.42 bits per heavy atom. The molecule has 1 unspecified atom stereocenters. The van der Waals surface area contributed by atoms with Crippen molar-refractivity contribution >= 4 is 17.3 Å². The van der Waals surface area contributed by atoms with Crippen molar-refractivity contribution < 1.29 is 4.74 Å². The summed E-state index contributed by atoms with van der Waals surface area (Å²) in [5.41, 5.74) is 2.23. The molecule has 2 aromatic carbocycles. The molecule has 2 nitrogen and oxygen atoms in total. The number of hydrogen-bond donors (Lipinski definition) is 1. The Labute approximate surface area is 119 Å². The lowest BCUT2D eigenvalue weighted by Gasteiger charge is -2.21. The molecule has 0 fully saturated rings. The summed E-state index contributed by atoms with van der Waals surface area (Å²) >= 11 is 5.90. The van der Waals surface area contributed by atoms with Crippen molar-refractivity contribution in [1.29, 1.82) is 0 Å². The van der Waals surface area contributed by atoms with Crippen LogP contribution in [0.4, 0.5) is 5.69 Å². The maximum absolute atomic E-state index is 5.90. The molecule has 1 N–H and O–H groups in total. The summed E-state index contributed by atoms with van der Waals surface area (Å²) < 4.78 is 5.42. The molecule has 3 heteroatoms. The Morgan fingerprint density at radius 2 is 1.79 bits per heavy atom. The highest BCUT2D eigenvalue weighted by Gasteiger charge is 2.13. The van der Waals surface area contributed by atoms with Crippen molar-refractivity contribution in [3.05, 3.63) is 59.1 Å². The van der Waals surface area contributed by atoms with E-state index in [1.807, 2.05) is 42.5 Å². The van der Waals surface area contributed by atoms with Gasteiger partial charge in [-0.1, -0.05) is 36.7 Å². The number of ether oxygens (including phenoxy) is 1. The van der Waals surface area contributed by atoms with Crippen LogP contribution in [0.3, 0.4) is 0 Å². The summed E-state index contributed by atoms with van der Waals surface area (Å²) in [5.74, 6) is 0.913. The van der Waals surface area contributed by atoms with Gasteiger partial charge < -0.3 is 10.1 Å². The Morgan fingerprint density at radius 1 is 1.11 bits per heavy atom. The summed E-state index contributed by atoms with van der Waals surface area (Å²) in [4.78, 5) is 0. The molecule has 1 atom stereocenters. The van der Waals surface area contributed by atoms with Gasteiger partial charge in [0.2, 0.25) is 0 Å². The van der Waals surface area contributed by atoms with Crippen LogP contribution in [0.15, 0.2) is 48.5 Å². The Balaban J connectivity index is 2.22. The highest BCUT2D eigenvalue weighted by molar-refractivity contribution is 6.30. The van der Waals surface area contributed by atoms with Gasteiger partial charge in [-0.05, 0) is 36.8 Å². The first kappa shape index (κ1) is 13.8. The number of anilines is 1. The van der Waals surface area contributed by atoms with Gasteiger partial charge >= 0.3 is 0 Å². The van der Waals surface area contributed by atoms with Crippen LogP contribution < -0.4 is 10.1 Å². The first-order valence-corrected chi connectivity index (χ1v) is 6.77. The lowest BCUT2D eigenvalue weighted by molar-refractivity contribution is 0.406. The predicted octanol–water partition coefficient (Wildman–Crippen LogP) is 4.91. The highest BCUT2D eigenvalue weighted by atomic mass is 35.5. The van der Waals surface area contributed by atoms with Crippen molar-refractivity contribution in [2.24, 2.45) is 0 Å². The van der Waals surface area contributed by atoms with Gasteiger partial charge in [-0.15, -0.1) is 0 Å². The third kappa shape index (κ3) is 3.42. The van der Waals surface area contributed by atoms with E-state index in [9.17, 15) is 0 Å². The topological polar surface area (TPSA) is 21.3 Å². The van der Waals surface area contributed by atoms with E-state index in [0.717, 1.165) is 22.9 Å². The van der Waals surface area contributed by atoms with Crippen molar-refractivity contribution in [3.8, 4) is 5.75 Å². The average Bonchev–Trinajstić information content (AvgIpc) is 2.46. The summed E-state index contributed by atoms with van der Waals surface area (Å²) in [6.07, 6.45) is 0.975. The van der Waals surface area contributed by atoms with Gasteiger partial charge in [-0.25, -0.2) is 0 Å². The van der Waals surface area contributed by atoms with Crippen LogP contribution in [0.5, 0.6) is 5.75 Å². The molecule has 2 aromatic rings. The quantitative estimate of drug-likeness (QED) is 0.837. The summed E-state index contributed by atoms with van der Waals surface area (Å²) in [6.45, 7) is 2.15. The van der Waals surface area contributed by atoms with Crippen molar-refractivity contribution in [2.75, 3.05) is 12.4 Å². The molecule has 0 heterocycles. The minimum atomic E-state index is 0.220. The van der Waals surface area contributed by atoms with Crippen LogP contribution >= 0.6 is 11.6 Å². The van der Waals surface area contributed by atoms with Gasteiger partial charge in [0.1, 0.15) is 5.75 Å². The molecule has 0 spiro atoms. The second-order valence-corrected chi connectivity index (χ2v) is 4.79. The zero-order valence-corrected chi connectivity index (χ0v) is 11.9. The number of halogens is 1. The molecule has 0 bridgehead atoms. The Hall–Kier alpha value is -1.67. The van der Waals surface area contributed by atoms with E-state index in [4.69, 9.17) is 16.3 Å². The van der Waals surface area contributed by atoms with Gasteiger partial charge in [0.25, 0.3) is 0 Å². The van der Waals surface area contributed by atoms with Crippen LogP contribution in [0.25, 0.3) is 0 Å². The molecule has 0 aliphatic heterocycles. The average molecular weight is 276 g/mol. The van der Waals surface area contributed by atoms with Crippen molar-refractivity contribution in [1.82, 2.24) is 0 Å². The third-order valence-electron chi connectivity index (χ3n) is 3.11. The molecule has 2 rings (SSSR count). The predicted molar refractivity (Wildman–Crippen MR) is 81.1 cm³/mol. The standard InChI is InChI=1S/C16H18ClNO/c1-3-15(14-6-4-5-7-16(14)19-2)18-13-10-8-12(17)9-11-13/h4-11,15,18H,3H2,1-2H3. The molecule has 0 aromatic heterocycles. The van der Waals surface area contributed by atoms with Gasteiger partial charge in [-0.2, -0.15) is 0 Å². The normalized spacial score (nSPS) is 11.9. The van der Waals surface area contributed by atoms with Crippen LogP contribution in [-0.2, 0) is 0 Å². The number of hydrogen-bond acceptors (Lipinski definition) is 2. The Bertz CT molecular complexity index is 525. The fourth-order valence-electron chi connectivity index (χ4n) is 2.10. The van der Waals surface area contributed by atoms with E-state index >= 15 is 0 Å². The molecule has 100 valence electrons. The van der Waals surface area contributed by atoms with E-state index in [2.05, 4.69) is 18.3 Å². The molecule has 0 amide bonds. The molecule has 0 saturated carbocycles. The SMILES string of the molecule is CCC(Nc1ccc(Cl)cc1)c1ccccc1OC. The van der Waals surface area contributed by atoms with E-state index in [0.29, 0.717) is 0 Å². The number of nitrogens with one attached hydrogen (secondary N) is 1. The second-order valence-electron chi connectivity index (χ2n) is 4.35. The van der Waals surface area contributed by atoms with Crippen LogP contribution in [0.1, 0.15) is 24.9 Å². The monoisotopic (exact) mass is 275 g/mol. The molecular formula is C16H18ClNO. The van der Waals surface area contributed by atoms with Gasteiger partial charge in [0.05, 0.1) is 13.2 Å². The fraction of sp³-hybridized carbons (Fsp3) is 0.250. The van der Waals surface area contributed by atoms with Gasteiger partial charge in [-0.3, -0.25) is 0 Å². The number of para-hydroxylation sites is 1. The van der Waals surface area contributed by atoms with Crippen LogP contribution in [-0.4, -0.2) is 7.11 Å². The van der Waals surface area contributed by atoms with E-state index in [1.54, 1.807) is 7.11 Å². The van der Waals surface area contributed by atoms with Gasteiger partial charge in [0, 0.05) is 16.3 Å². The van der Waals surface area contributed by atoms with Crippen molar-refractivity contribution in [3.63, 3.8) is 0 Å². The number of benzene rings is 2. The Kier molecular flexibility index (Phi) is 4.69. The molecular weight excluding hydrogens is 258 g/mol. The molecule has 0 saturated heterocycles. The largest absolute Gasteiger partial charge is 0.496 e. The minimum Gasteiger partial charge on any atom is -0.496 e. The first-order chi connectivity index (χ1) is 9.24. The molecule has 0 aliphatic rings. The van der Waals surface area contributed by atoms with E-state index in [-0.39, 0.29) is 6.04 Å². The highest BCUT2D eigenvalue weighted by Crippen LogP contribution is 2.30. The van der Waals surface area contributed by atoms with Crippen LogP contribution in [0.2, 0.25) is 5.02 Å². The minimum absolute atomic E-state index is 0.220. The zero-order chi connectivity index (χ0) is 13.7. The first-order valence-electron chi connectivity index (χ1n) is 6.39. The smallest absolute Gasteiger partial charge is 0.124 e. The third-order valence-corrected chi connectivity index (χ3v) is 3.36. The van der Waals surface area contributed by atoms with Crippen LogP contribution in [0, 0.1) is 0 Å². The maximum atomic E-state index is 5.90. The van der Waals surface area contributed by atoms with E-state index < -0.39 is 0 Å². The second kappa shape index (κ2) is 6.48.